The third-order valence-electron chi connectivity index (χ3n) is 3.94. The minimum atomic E-state index is -3.63. The van der Waals surface area contributed by atoms with Crippen molar-refractivity contribution in [3.8, 4) is 0 Å². The lowest BCUT2D eigenvalue weighted by Gasteiger charge is -2.35. The minimum Gasteiger partial charge on any atom is -0.326 e. The standard InChI is InChI=1S/C14H22ClN3O2S/c1-10-9-18(2)6-5-13(10)17-21(19,20)14-7-11(8-16)3-4-12(14)15/h3-4,7,10,13,17H,5-6,8-9,16H2,1-2H3. The van der Waals surface area contributed by atoms with Crippen molar-refractivity contribution >= 4 is 21.6 Å². The van der Waals surface area contributed by atoms with Gasteiger partial charge in [-0.3, -0.25) is 0 Å². The molecule has 0 spiro atoms. The number of hydrogen-bond acceptors (Lipinski definition) is 4. The molecule has 0 bridgehead atoms. The largest absolute Gasteiger partial charge is 0.326 e. The molecule has 7 heteroatoms. The van der Waals surface area contributed by atoms with E-state index in [9.17, 15) is 8.42 Å². The van der Waals surface area contributed by atoms with Crippen LogP contribution < -0.4 is 10.5 Å². The third-order valence-corrected chi connectivity index (χ3v) is 5.91. The Morgan fingerprint density at radius 2 is 2.19 bits per heavy atom. The number of hydrogen-bond donors (Lipinski definition) is 2. The maximum absolute atomic E-state index is 12.6. The Labute approximate surface area is 131 Å². The fourth-order valence-electron chi connectivity index (χ4n) is 2.67. The molecule has 0 aromatic heterocycles. The normalized spacial score (nSPS) is 24.2. The predicted octanol–water partition coefficient (Wildman–Crippen LogP) is 1.42. The summed E-state index contributed by atoms with van der Waals surface area (Å²) in [6.45, 7) is 4.10. The van der Waals surface area contributed by atoms with E-state index in [1.165, 1.54) is 0 Å². The number of sulfonamides is 1. The van der Waals surface area contributed by atoms with Gasteiger partial charge in [0.15, 0.2) is 0 Å². The fourth-order valence-corrected chi connectivity index (χ4v) is 4.60. The molecule has 3 N–H and O–H groups in total. The first-order valence-corrected chi connectivity index (χ1v) is 8.89. The second-order valence-electron chi connectivity index (χ2n) is 5.72. The van der Waals surface area contributed by atoms with Gasteiger partial charge in [0, 0.05) is 19.1 Å². The second kappa shape index (κ2) is 6.62. The van der Waals surface area contributed by atoms with Gasteiger partial charge >= 0.3 is 0 Å². The lowest BCUT2D eigenvalue weighted by Crippen LogP contribution is -2.48. The molecule has 118 valence electrons. The highest BCUT2D eigenvalue weighted by Crippen LogP contribution is 2.24. The van der Waals surface area contributed by atoms with Gasteiger partial charge in [0.1, 0.15) is 4.90 Å². The zero-order valence-electron chi connectivity index (χ0n) is 12.3. The van der Waals surface area contributed by atoms with E-state index in [0.29, 0.717) is 0 Å². The van der Waals surface area contributed by atoms with Gasteiger partial charge in [0.05, 0.1) is 5.02 Å². The molecular weight excluding hydrogens is 310 g/mol. The van der Waals surface area contributed by atoms with Crippen LogP contribution in [-0.4, -0.2) is 39.5 Å². The molecule has 0 saturated carbocycles. The van der Waals surface area contributed by atoms with Gasteiger partial charge in [0.25, 0.3) is 0 Å². The molecule has 0 aliphatic carbocycles. The van der Waals surface area contributed by atoms with Gasteiger partial charge in [-0.05, 0) is 43.6 Å². The predicted molar refractivity (Wildman–Crippen MR) is 84.7 cm³/mol. The van der Waals surface area contributed by atoms with Gasteiger partial charge in [-0.1, -0.05) is 24.6 Å². The molecule has 5 nitrogen and oxygen atoms in total. The molecule has 0 radical (unpaired) electrons. The molecule has 1 saturated heterocycles. The Morgan fingerprint density at radius 1 is 1.48 bits per heavy atom. The first-order valence-electron chi connectivity index (χ1n) is 7.03. The van der Waals surface area contributed by atoms with Crippen molar-refractivity contribution < 1.29 is 8.42 Å². The Bertz CT molecular complexity index is 606. The molecule has 1 aliphatic heterocycles. The smallest absolute Gasteiger partial charge is 0.242 e. The SMILES string of the molecule is CC1CN(C)CCC1NS(=O)(=O)c1cc(CN)ccc1Cl. The quantitative estimate of drug-likeness (QED) is 0.875. The van der Waals surface area contributed by atoms with Crippen LogP contribution in [0.1, 0.15) is 18.9 Å². The monoisotopic (exact) mass is 331 g/mol. The lowest BCUT2D eigenvalue weighted by molar-refractivity contribution is 0.188. The summed E-state index contributed by atoms with van der Waals surface area (Å²) in [5.74, 6) is 0.259. The maximum atomic E-state index is 12.6. The van der Waals surface area contributed by atoms with Gasteiger partial charge in [-0.2, -0.15) is 0 Å². The molecule has 1 heterocycles. The van der Waals surface area contributed by atoms with Gasteiger partial charge in [0.2, 0.25) is 10.0 Å². The zero-order chi connectivity index (χ0) is 15.6. The molecule has 1 fully saturated rings. The summed E-state index contributed by atoms with van der Waals surface area (Å²) in [4.78, 5) is 2.32. The van der Waals surface area contributed by atoms with E-state index < -0.39 is 10.0 Å². The van der Waals surface area contributed by atoms with Crippen molar-refractivity contribution in [1.29, 1.82) is 0 Å². The Morgan fingerprint density at radius 3 is 2.81 bits per heavy atom. The van der Waals surface area contributed by atoms with Crippen molar-refractivity contribution in [2.24, 2.45) is 11.7 Å². The maximum Gasteiger partial charge on any atom is 0.242 e. The number of piperidine rings is 1. The molecule has 1 aliphatic rings. The summed E-state index contributed by atoms with van der Waals surface area (Å²) in [5, 5.41) is 0.222. The zero-order valence-corrected chi connectivity index (χ0v) is 13.9. The second-order valence-corrected chi connectivity index (χ2v) is 7.81. The Kier molecular flexibility index (Phi) is 5.27. The van der Waals surface area contributed by atoms with Crippen molar-refractivity contribution in [2.45, 2.75) is 30.8 Å². The number of rotatable bonds is 4. The van der Waals surface area contributed by atoms with E-state index in [0.717, 1.165) is 25.1 Å². The molecule has 0 amide bonds. The molecular formula is C14H22ClN3O2S. The first kappa shape index (κ1) is 16.7. The summed E-state index contributed by atoms with van der Waals surface area (Å²) in [5.41, 5.74) is 6.32. The summed E-state index contributed by atoms with van der Waals surface area (Å²) >= 11 is 6.05. The third kappa shape index (κ3) is 3.96. The van der Waals surface area contributed by atoms with E-state index in [2.05, 4.69) is 16.5 Å². The summed E-state index contributed by atoms with van der Waals surface area (Å²) < 4.78 is 27.9. The number of halogens is 1. The van der Waals surface area contributed by atoms with Crippen LogP contribution in [0.4, 0.5) is 0 Å². The molecule has 1 aromatic carbocycles. The highest BCUT2D eigenvalue weighted by atomic mass is 35.5. The average molecular weight is 332 g/mol. The highest BCUT2D eigenvalue weighted by Gasteiger charge is 2.29. The molecule has 2 atom stereocenters. The van der Waals surface area contributed by atoms with E-state index in [4.69, 9.17) is 17.3 Å². The summed E-state index contributed by atoms with van der Waals surface area (Å²) in [6.07, 6.45) is 0.797. The number of likely N-dealkylation sites (tertiary alicyclic amines) is 1. The molecule has 21 heavy (non-hydrogen) atoms. The van der Waals surface area contributed by atoms with Crippen LogP contribution in [0.2, 0.25) is 5.02 Å². The van der Waals surface area contributed by atoms with E-state index >= 15 is 0 Å². The summed E-state index contributed by atoms with van der Waals surface area (Å²) in [7, 11) is -1.59. The van der Waals surface area contributed by atoms with Crippen LogP contribution in [0, 0.1) is 5.92 Å². The number of nitrogens with two attached hydrogens (primary N) is 1. The number of nitrogens with one attached hydrogen (secondary N) is 1. The first-order chi connectivity index (χ1) is 9.83. The van der Waals surface area contributed by atoms with E-state index in [1.54, 1.807) is 18.2 Å². The van der Waals surface area contributed by atoms with Crippen LogP contribution in [0.25, 0.3) is 0 Å². The van der Waals surface area contributed by atoms with Crippen LogP contribution in [0.5, 0.6) is 0 Å². The van der Waals surface area contributed by atoms with Crippen molar-refractivity contribution in [1.82, 2.24) is 9.62 Å². The Hall–Kier alpha value is -0.660. The van der Waals surface area contributed by atoms with E-state index in [1.807, 2.05) is 7.05 Å². The fraction of sp³-hybridized carbons (Fsp3) is 0.571. The van der Waals surface area contributed by atoms with Crippen LogP contribution in [0.3, 0.4) is 0 Å². The van der Waals surface area contributed by atoms with Crippen LogP contribution >= 0.6 is 11.6 Å². The molecule has 1 aromatic rings. The summed E-state index contributed by atoms with van der Waals surface area (Å²) in [6, 6.07) is 4.80. The lowest BCUT2D eigenvalue weighted by atomic mass is 9.95. The minimum absolute atomic E-state index is 0.0659. The van der Waals surface area contributed by atoms with Crippen molar-refractivity contribution in [2.75, 3.05) is 20.1 Å². The van der Waals surface area contributed by atoms with Crippen molar-refractivity contribution in [3.05, 3.63) is 28.8 Å². The molecule has 2 rings (SSSR count). The van der Waals surface area contributed by atoms with Gasteiger partial charge in [-0.25, -0.2) is 13.1 Å². The number of nitrogens with zero attached hydrogens (tertiary/aromatic N) is 1. The topological polar surface area (TPSA) is 75.4 Å². The average Bonchev–Trinajstić information content (AvgIpc) is 2.42. The highest BCUT2D eigenvalue weighted by molar-refractivity contribution is 7.89. The van der Waals surface area contributed by atoms with Crippen molar-refractivity contribution in [3.63, 3.8) is 0 Å². The van der Waals surface area contributed by atoms with Gasteiger partial charge < -0.3 is 10.6 Å². The Balaban J connectivity index is 2.22. The molecule has 2 unspecified atom stereocenters. The number of benzene rings is 1. The van der Waals surface area contributed by atoms with E-state index in [-0.39, 0.29) is 28.4 Å². The van der Waals surface area contributed by atoms with Crippen LogP contribution in [-0.2, 0) is 16.6 Å². The van der Waals surface area contributed by atoms with Crippen LogP contribution in [0.15, 0.2) is 23.1 Å². The van der Waals surface area contributed by atoms with Gasteiger partial charge in [-0.15, -0.1) is 0 Å².